The standard InChI is InChI=1S/C35H36N4O6/c1-4-5-27(35(20-21-35)28-11-16-31(45-3)17-12-28)10-6-26-22-25(24-7-14-30(44-2)15-8-24)9-18-32(26)36-37-33-19-13-29(38(40)41)23-34(33)39(42)43/h4-5,7-9,11-19,22-23,27,36-37H,6,10,20-21H2,1-3H3/b5-4+/t27-/m1/s1. The van der Waals surface area contributed by atoms with E-state index in [4.69, 9.17) is 9.47 Å². The summed E-state index contributed by atoms with van der Waals surface area (Å²) in [5, 5.41) is 22.9. The molecule has 0 saturated heterocycles. The number of allylic oxidation sites excluding steroid dienone is 2. The minimum atomic E-state index is -0.653. The van der Waals surface area contributed by atoms with Crippen molar-refractivity contribution in [2.75, 3.05) is 25.1 Å². The van der Waals surface area contributed by atoms with Crippen LogP contribution in [-0.4, -0.2) is 24.1 Å². The third kappa shape index (κ3) is 6.90. The van der Waals surface area contributed by atoms with Crippen molar-refractivity contribution in [3.05, 3.63) is 128 Å². The maximum absolute atomic E-state index is 11.7. The van der Waals surface area contributed by atoms with Crippen molar-refractivity contribution in [3.63, 3.8) is 0 Å². The number of hydrogen-bond acceptors (Lipinski definition) is 8. The Morgan fingerprint density at radius 3 is 1.98 bits per heavy atom. The summed E-state index contributed by atoms with van der Waals surface area (Å²) in [4.78, 5) is 21.6. The van der Waals surface area contributed by atoms with Gasteiger partial charge >= 0.3 is 5.69 Å². The second kappa shape index (κ2) is 13.5. The number of non-ortho nitro benzene ring substituents is 1. The lowest BCUT2D eigenvalue weighted by molar-refractivity contribution is -0.393. The van der Waals surface area contributed by atoms with Gasteiger partial charge in [0, 0.05) is 11.5 Å². The molecule has 0 bridgehead atoms. The lowest BCUT2D eigenvalue weighted by atomic mass is 9.79. The summed E-state index contributed by atoms with van der Waals surface area (Å²) in [6, 6.07) is 25.8. The fourth-order valence-corrected chi connectivity index (χ4v) is 5.94. The van der Waals surface area contributed by atoms with Crippen LogP contribution < -0.4 is 20.3 Å². The monoisotopic (exact) mass is 608 g/mol. The topological polar surface area (TPSA) is 129 Å². The highest BCUT2D eigenvalue weighted by molar-refractivity contribution is 5.72. The number of nitro groups is 2. The van der Waals surface area contributed by atoms with E-state index in [9.17, 15) is 20.2 Å². The molecule has 10 heteroatoms. The number of nitrogens with one attached hydrogen (secondary N) is 2. The molecule has 1 atom stereocenters. The van der Waals surface area contributed by atoms with E-state index in [0.29, 0.717) is 5.92 Å². The first-order valence-electron chi connectivity index (χ1n) is 14.8. The molecular weight excluding hydrogens is 572 g/mol. The molecule has 0 aromatic heterocycles. The maximum Gasteiger partial charge on any atom is 0.300 e. The van der Waals surface area contributed by atoms with E-state index in [1.165, 1.54) is 17.7 Å². The third-order valence-electron chi connectivity index (χ3n) is 8.56. The van der Waals surface area contributed by atoms with Crippen LogP contribution in [0.15, 0.2) is 97.1 Å². The van der Waals surface area contributed by atoms with Crippen molar-refractivity contribution >= 4 is 22.7 Å². The van der Waals surface area contributed by atoms with E-state index in [2.05, 4.69) is 48.1 Å². The zero-order chi connectivity index (χ0) is 32.0. The number of anilines is 2. The van der Waals surface area contributed by atoms with Gasteiger partial charge in [0.2, 0.25) is 0 Å². The molecule has 10 nitrogen and oxygen atoms in total. The van der Waals surface area contributed by atoms with Crippen LogP contribution in [0.25, 0.3) is 11.1 Å². The summed E-state index contributed by atoms with van der Waals surface area (Å²) in [5.74, 6) is 1.91. The minimum Gasteiger partial charge on any atom is -0.497 e. The lowest BCUT2D eigenvalue weighted by Crippen LogP contribution is -2.20. The Kier molecular flexibility index (Phi) is 9.32. The molecular formula is C35H36N4O6. The molecule has 0 unspecified atom stereocenters. The van der Waals surface area contributed by atoms with Gasteiger partial charge in [0.05, 0.1) is 35.8 Å². The Balaban J connectivity index is 1.44. The zero-order valence-corrected chi connectivity index (χ0v) is 25.5. The first-order chi connectivity index (χ1) is 21.8. The molecule has 0 heterocycles. The van der Waals surface area contributed by atoms with Gasteiger partial charge < -0.3 is 14.9 Å². The molecule has 232 valence electrons. The summed E-state index contributed by atoms with van der Waals surface area (Å²) >= 11 is 0. The highest BCUT2D eigenvalue weighted by atomic mass is 16.6. The number of aryl methyl sites for hydroxylation is 1. The second-order valence-corrected chi connectivity index (χ2v) is 11.1. The lowest BCUT2D eigenvalue weighted by Gasteiger charge is -2.26. The number of rotatable bonds is 14. The molecule has 4 aromatic rings. The molecule has 0 radical (unpaired) electrons. The first-order valence-corrected chi connectivity index (χ1v) is 14.8. The third-order valence-corrected chi connectivity index (χ3v) is 8.56. The number of hydrogen-bond donors (Lipinski definition) is 2. The van der Waals surface area contributed by atoms with Crippen LogP contribution in [0.4, 0.5) is 22.7 Å². The van der Waals surface area contributed by atoms with E-state index in [0.717, 1.165) is 65.6 Å². The Morgan fingerprint density at radius 2 is 1.40 bits per heavy atom. The predicted octanol–water partition coefficient (Wildman–Crippen LogP) is 8.48. The van der Waals surface area contributed by atoms with Crippen LogP contribution in [0.2, 0.25) is 0 Å². The van der Waals surface area contributed by atoms with E-state index in [1.54, 1.807) is 14.2 Å². The highest BCUT2D eigenvalue weighted by Crippen LogP contribution is 2.56. The molecule has 4 aromatic carbocycles. The predicted molar refractivity (Wildman–Crippen MR) is 176 cm³/mol. The average Bonchev–Trinajstić information content (AvgIpc) is 3.88. The fourth-order valence-electron chi connectivity index (χ4n) is 5.94. The largest absolute Gasteiger partial charge is 0.497 e. The molecule has 2 N–H and O–H groups in total. The van der Waals surface area contributed by atoms with Crippen molar-refractivity contribution in [1.82, 2.24) is 0 Å². The van der Waals surface area contributed by atoms with E-state index in [-0.39, 0.29) is 16.8 Å². The molecule has 0 amide bonds. The van der Waals surface area contributed by atoms with Gasteiger partial charge in [-0.3, -0.25) is 25.7 Å². The van der Waals surface area contributed by atoms with Gasteiger partial charge in [-0.05, 0) is 103 Å². The zero-order valence-electron chi connectivity index (χ0n) is 25.5. The van der Waals surface area contributed by atoms with Crippen LogP contribution in [0, 0.1) is 26.1 Å². The maximum atomic E-state index is 11.7. The molecule has 1 fully saturated rings. The summed E-state index contributed by atoms with van der Waals surface area (Å²) in [7, 11) is 3.31. The Labute approximate surface area is 262 Å². The van der Waals surface area contributed by atoms with Crippen molar-refractivity contribution in [2.24, 2.45) is 5.92 Å². The summed E-state index contributed by atoms with van der Waals surface area (Å²) in [5.41, 5.74) is 10.7. The van der Waals surface area contributed by atoms with Crippen molar-refractivity contribution < 1.29 is 19.3 Å². The molecule has 0 spiro atoms. The Morgan fingerprint density at radius 1 is 0.800 bits per heavy atom. The van der Waals surface area contributed by atoms with Crippen LogP contribution in [0.3, 0.4) is 0 Å². The van der Waals surface area contributed by atoms with Crippen LogP contribution in [0.5, 0.6) is 11.5 Å². The van der Waals surface area contributed by atoms with Gasteiger partial charge in [-0.1, -0.05) is 42.5 Å². The van der Waals surface area contributed by atoms with Crippen molar-refractivity contribution in [2.45, 2.75) is 38.0 Å². The number of benzene rings is 4. The smallest absolute Gasteiger partial charge is 0.300 e. The van der Waals surface area contributed by atoms with Crippen LogP contribution >= 0.6 is 0 Å². The van der Waals surface area contributed by atoms with Gasteiger partial charge in [0.25, 0.3) is 5.69 Å². The van der Waals surface area contributed by atoms with Gasteiger partial charge in [-0.2, -0.15) is 0 Å². The SMILES string of the molecule is C/C=C/[C@H](CCc1cc(-c2ccc(OC)cc2)ccc1NNc1ccc([N+](=O)[O-])cc1[N+](=O)[O-])C1(c2ccc(OC)cc2)CC1. The van der Waals surface area contributed by atoms with Gasteiger partial charge in [-0.25, -0.2) is 0 Å². The van der Waals surface area contributed by atoms with Crippen molar-refractivity contribution in [1.29, 1.82) is 0 Å². The average molecular weight is 609 g/mol. The highest BCUT2D eigenvalue weighted by Gasteiger charge is 2.49. The molecule has 1 saturated carbocycles. The number of nitro benzene ring substituents is 2. The van der Waals surface area contributed by atoms with E-state index >= 15 is 0 Å². The number of ether oxygens (including phenoxy) is 2. The molecule has 0 aliphatic heterocycles. The molecule has 45 heavy (non-hydrogen) atoms. The van der Waals surface area contributed by atoms with E-state index in [1.807, 2.05) is 48.5 Å². The summed E-state index contributed by atoms with van der Waals surface area (Å²) < 4.78 is 10.7. The quantitative estimate of drug-likeness (QED) is 0.0828. The van der Waals surface area contributed by atoms with Crippen LogP contribution in [0.1, 0.15) is 37.3 Å². The summed E-state index contributed by atoms with van der Waals surface area (Å²) in [6.45, 7) is 2.05. The Hall–Kier alpha value is -5.38. The normalized spacial score (nSPS) is 14.0. The number of methoxy groups -OCH3 is 2. The van der Waals surface area contributed by atoms with E-state index < -0.39 is 15.5 Å². The van der Waals surface area contributed by atoms with Gasteiger partial charge in [0.15, 0.2) is 0 Å². The minimum absolute atomic E-state index is 0.0670. The van der Waals surface area contributed by atoms with Gasteiger partial charge in [-0.15, -0.1) is 0 Å². The number of hydrazine groups is 1. The molecule has 1 aliphatic rings. The van der Waals surface area contributed by atoms with Crippen LogP contribution in [-0.2, 0) is 11.8 Å². The summed E-state index contributed by atoms with van der Waals surface area (Å²) in [6.07, 6.45) is 8.26. The van der Waals surface area contributed by atoms with Gasteiger partial charge in [0.1, 0.15) is 17.2 Å². The fraction of sp³-hybridized carbons (Fsp3) is 0.257. The second-order valence-electron chi connectivity index (χ2n) is 11.1. The number of nitrogens with zero attached hydrogens (tertiary/aromatic N) is 2. The first kappa shape index (κ1) is 31.1. The molecule has 5 rings (SSSR count). The Bertz CT molecular complexity index is 1700. The molecule has 1 aliphatic carbocycles. The van der Waals surface area contributed by atoms with Crippen molar-refractivity contribution in [3.8, 4) is 22.6 Å².